The molecule has 0 fully saturated rings. The van der Waals surface area contributed by atoms with Crippen LogP contribution in [0.25, 0.3) is 10.6 Å². The van der Waals surface area contributed by atoms with Crippen LogP contribution >= 0.6 is 22.9 Å². The van der Waals surface area contributed by atoms with Gasteiger partial charge in [0, 0.05) is 34.8 Å². The Morgan fingerprint density at radius 1 is 1.32 bits per heavy atom. The fraction of sp³-hybridized carbons (Fsp3) is 0.412. The third kappa shape index (κ3) is 4.82. The fourth-order valence-electron chi connectivity index (χ4n) is 2.13. The van der Waals surface area contributed by atoms with Crippen molar-refractivity contribution in [1.82, 2.24) is 10.3 Å². The number of nitrogens with zero attached hydrogens (tertiary/aromatic N) is 1. The van der Waals surface area contributed by atoms with Gasteiger partial charge >= 0.3 is 0 Å². The first kappa shape index (κ1) is 17.0. The summed E-state index contributed by atoms with van der Waals surface area (Å²) in [5.74, 6) is 0.511. The summed E-state index contributed by atoms with van der Waals surface area (Å²) in [6, 6.07) is 7.71. The second-order valence-electron chi connectivity index (χ2n) is 5.73. The standard InChI is InChI=1S/C17H21ClN2OS/c1-11(2)10-16(21)19-9-8-15-12(3)20-17(22-15)13-4-6-14(18)7-5-13/h4-7,11H,8-10H2,1-3H3,(H,19,21). The number of halogens is 1. The van der Waals surface area contributed by atoms with Gasteiger partial charge in [-0.15, -0.1) is 11.3 Å². The quantitative estimate of drug-likeness (QED) is 0.845. The normalized spacial score (nSPS) is 11.0. The highest BCUT2D eigenvalue weighted by Crippen LogP contribution is 2.28. The number of thiazole rings is 1. The first-order valence-electron chi connectivity index (χ1n) is 7.44. The van der Waals surface area contributed by atoms with Crippen LogP contribution in [0, 0.1) is 12.8 Å². The molecule has 3 nitrogen and oxygen atoms in total. The lowest BCUT2D eigenvalue weighted by atomic mass is 10.1. The van der Waals surface area contributed by atoms with Crippen LogP contribution in [-0.2, 0) is 11.2 Å². The summed E-state index contributed by atoms with van der Waals surface area (Å²) in [5, 5.41) is 4.69. The van der Waals surface area contributed by atoms with Gasteiger partial charge in [0.25, 0.3) is 0 Å². The molecule has 1 aromatic carbocycles. The smallest absolute Gasteiger partial charge is 0.220 e. The van der Waals surface area contributed by atoms with E-state index in [9.17, 15) is 4.79 Å². The van der Waals surface area contributed by atoms with Crippen LogP contribution in [0.2, 0.25) is 5.02 Å². The van der Waals surface area contributed by atoms with E-state index >= 15 is 0 Å². The lowest BCUT2D eigenvalue weighted by molar-refractivity contribution is -0.121. The number of benzene rings is 1. The summed E-state index contributed by atoms with van der Waals surface area (Å²) >= 11 is 7.59. The molecule has 0 unspecified atom stereocenters. The van der Waals surface area contributed by atoms with Gasteiger partial charge in [-0.1, -0.05) is 37.6 Å². The van der Waals surface area contributed by atoms with Gasteiger partial charge < -0.3 is 5.32 Å². The molecule has 1 N–H and O–H groups in total. The number of carbonyl (C=O) groups excluding carboxylic acids is 1. The van der Waals surface area contributed by atoms with Gasteiger partial charge in [-0.2, -0.15) is 0 Å². The molecule has 0 bridgehead atoms. The number of aryl methyl sites for hydroxylation is 1. The van der Waals surface area contributed by atoms with Gasteiger partial charge in [-0.25, -0.2) is 4.98 Å². The minimum Gasteiger partial charge on any atom is -0.356 e. The van der Waals surface area contributed by atoms with Crippen LogP contribution in [0.4, 0.5) is 0 Å². The highest BCUT2D eigenvalue weighted by molar-refractivity contribution is 7.15. The Morgan fingerprint density at radius 3 is 2.64 bits per heavy atom. The Hall–Kier alpha value is -1.39. The highest BCUT2D eigenvalue weighted by Gasteiger charge is 2.10. The van der Waals surface area contributed by atoms with E-state index in [1.165, 1.54) is 4.88 Å². The molecule has 0 aliphatic carbocycles. The van der Waals surface area contributed by atoms with Crippen molar-refractivity contribution in [1.29, 1.82) is 0 Å². The molecular weight excluding hydrogens is 316 g/mol. The summed E-state index contributed by atoms with van der Waals surface area (Å²) in [4.78, 5) is 17.5. The maximum Gasteiger partial charge on any atom is 0.220 e. The maximum absolute atomic E-state index is 11.7. The zero-order valence-electron chi connectivity index (χ0n) is 13.1. The second kappa shape index (κ2) is 7.75. The number of amides is 1. The van der Waals surface area contributed by atoms with E-state index in [0.717, 1.165) is 27.7 Å². The average molecular weight is 337 g/mol. The molecular formula is C17H21ClN2OS. The predicted octanol–water partition coefficient (Wildman–Crippen LogP) is 4.48. The first-order chi connectivity index (χ1) is 10.5. The summed E-state index contributed by atoms with van der Waals surface area (Å²) in [6.07, 6.45) is 1.40. The van der Waals surface area contributed by atoms with Crippen molar-refractivity contribution in [2.24, 2.45) is 5.92 Å². The minimum absolute atomic E-state index is 0.120. The van der Waals surface area contributed by atoms with Crippen LogP contribution in [-0.4, -0.2) is 17.4 Å². The number of carbonyl (C=O) groups is 1. The van der Waals surface area contributed by atoms with E-state index in [0.29, 0.717) is 18.9 Å². The van der Waals surface area contributed by atoms with Crippen molar-refractivity contribution < 1.29 is 4.79 Å². The van der Waals surface area contributed by atoms with E-state index in [1.807, 2.05) is 45.0 Å². The molecule has 0 saturated heterocycles. The average Bonchev–Trinajstić information content (AvgIpc) is 2.80. The number of aromatic nitrogens is 1. The monoisotopic (exact) mass is 336 g/mol. The van der Waals surface area contributed by atoms with Crippen molar-refractivity contribution >= 4 is 28.8 Å². The van der Waals surface area contributed by atoms with Gasteiger partial charge in [0.15, 0.2) is 0 Å². The lowest BCUT2D eigenvalue weighted by Crippen LogP contribution is -2.26. The van der Waals surface area contributed by atoms with Crippen LogP contribution in [0.15, 0.2) is 24.3 Å². The molecule has 0 atom stereocenters. The molecule has 0 saturated carbocycles. The van der Waals surface area contributed by atoms with Gasteiger partial charge in [-0.3, -0.25) is 4.79 Å². The van der Waals surface area contributed by atoms with Gasteiger partial charge in [0.1, 0.15) is 5.01 Å². The van der Waals surface area contributed by atoms with E-state index in [2.05, 4.69) is 10.3 Å². The SMILES string of the molecule is Cc1nc(-c2ccc(Cl)cc2)sc1CCNC(=O)CC(C)C. The van der Waals surface area contributed by atoms with Crippen molar-refractivity contribution in [3.8, 4) is 10.6 Å². The molecule has 1 amide bonds. The van der Waals surface area contributed by atoms with Crippen LogP contribution < -0.4 is 5.32 Å². The zero-order chi connectivity index (χ0) is 16.1. The van der Waals surface area contributed by atoms with Crippen LogP contribution in [0.5, 0.6) is 0 Å². The summed E-state index contributed by atoms with van der Waals surface area (Å²) in [6.45, 7) is 6.77. The third-order valence-corrected chi connectivity index (χ3v) is 4.77. The van der Waals surface area contributed by atoms with Gasteiger partial charge in [-0.05, 0) is 25.0 Å². The van der Waals surface area contributed by atoms with E-state index in [4.69, 9.17) is 11.6 Å². The van der Waals surface area contributed by atoms with E-state index < -0.39 is 0 Å². The van der Waals surface area contributed by atoms with Crippen molar-refractivity contribution in [3.05, 3.63) is 39.9 Å². The summed E-state index contributed by atoms with van der Waals surface area (Å²) < 4.78 is 0. The maximum atomic E-state index is 11.7. The second-order valence-corrected chi connectivity index (χ2v) is 7.25. The fourth-order valence-corrected chi connectivity index (χ4v) is 3.33. The largest absolute Gasteiger partial charge is 0.356 e. The predicted molar refractivity (Wildman–Crippen MR) is 93.5 cm³/mol. The Balaban J connectivity index is 1.95. The van der Waals surface area contributed by atoms with Crippen LogP contribution in [0.1, 0.15) is 30.8 Å². The Bertz CT molecular complexity index is 635. The van der Waals surface area contributed by atoms with Crippen molar-refractivity contribution in [2.45, 2.75) is 33.6 Å². The minimum atomic E-state index is 0.120. The molecule has 0 radical (unpaired) electrons. The third-order valence-electron chi connectivity index (χ3n) is 3.25. The van der Waals surface area contributed by atoms with Crippen LogP contribution in [0.3, 0.4) is 0 Å². The summed E-state index contributed by atoms with van der Waals surface area (Å²) in [5.41, 5.74) is 2.11. The molecule has 0 aliphatic heterocycles. The number of hydrogen-bond acceptors (Lipinski definition) is 3. The molecule has 2 rings (SSSR count). The zero-order valence-corrected chi connectivity index (χ0v) is 14.7. The van der Waals surface area contributed by atoms with E-state index in [-0.39, 0.29) is 5.91 Å². The Kier molecular flexibility index (Phi) is 5.98. The van der Waals surface area contributed by atoms with Gasteiger partial charge in [0.2, 0.25) is 5.91 Å². The van der Waals surface area contributed by atoms with Crippen molar-refractivity contribution in [3.63, 3.8) is 0 Å². The molecule has 22 heavy (non-hydrogen) atoms. The number of hydrogen-bond donors (Lipinski definition) is 1. The molecule has 5 heteroatoms. The first-order valence-corrected chi connectivity index (χ1v) is 8.64. The topological polar surface area (TPSA) is 42.0 Å². The summed E-state index contributed by atoms with van der Waals surface area (Å²) in [7, 11) is 0. The number of nitrogens with one attached hydrogen (secondary N) is 1. The molecule has 0 aliphatic rings. The number of rotatable bonds is 6. The Labute approximate surface area is 140 Å². The Morgan fingerprint density at radius 2 is 2.00 bits per heavy atom. The van der Waals surface area contributed by atoms with Crippen molar-refractivity contribution in [2.75, 3.05) is 6.54 Å². The molecule has 118 valence electrons. The molecule has 1 heterocycles. The highest BCUT2D eigenvalue weighted by atomic mass is 35.5. The van der Waals surface area contributed by atoms with E-state index in [1.54, 1.807) is 11.3 Å². The molecule has 1 aromatic heterocycles. The lowest BCUT2D eigenvalue weighted by Gasteiger charge is -2.06. The van der Waals surface area contributed by atoms with Gasteiger partial charge in [0.05, 0.1) is 5.69 Å². The molecule has 0 spiro atoms. The molecule has 2 aromatic rings.